The number of amidine groups is 1. The smallest absolute Gasteiger partial charge is 0.324 e. The molecule has 2 N–H and O–H groups in total. The summed E-state index contributed by atoms with van der Waals surface area (Å²) in [6.07, 6.45) is 0. The van der Waals surface area contributed by atoms with Crippen LogP contribution in [0.25, 0.3) is 11.3 Å². The molecule has 0 saturated heterocycles. The number of amides is 2. The van der Waals surface area contributed by atoms with Crippen LogP contribution in [0.3, 0.4) is 0 Å². The van der Waals surface area contributed by atoms with Gasteiger partial charge in [-0.2, -0.15) is 0 Å². The van der Waals surface area contributed by atoms with Gasteiger partial charge in [-0.3, -0.25) is 15.4 Å². The Bertz CT molecular complexity index is 1250. The van der Waals surface area contributed by atoms with Gasteiger partial charge in [-0.15, -0.1) is 0 Å². The fourth-order valence-corrected chi connectivity index (χ4v) is 2.94. The van der Waals surface area contributed by atoms with Crippen LogP contribution in [0.2, 0.25) is 0 Å². The minimum atomic E-state index is -0.473. The molecule has 8 nitrogen and oxygen atoms in total. The SMILES string of the molecule is O=C(NC(=Nc1ccccc1)c1ccc(-c2ccc([N+](=O)[O-])cc2)o1)Nc1ccccc1. The number of anilines is 1. The standard InChI is InChI=1S/C24H18N4O4/c29-24(26-19-9-5-2-6-10-19)27-23(25-18-7-3-1-4-8-18)22-16-15-21(32-22)17-11-13-20(14-12-17)28(30)31/h1-16H,(H2,25,26,27,29). The molecule has 1 heterocycles. The second kappa shape index (κ2) is 9.40. The number of hydrogen-bond donors (Lipinski definition) is 2. The summed E-state index contributed by atoms with van der Waals surface area (Å²) < 4.78 is 5.91. The number of nitrogens with one attached hydrogen (secondary N) is 2. The minimum Gasteiger partial charge on any atom is -0.453 e. The Morgan fingerprint density at radius 1 is 0.844 bits per heavy atom. The van der Waals surface area contributed by atoms with Gasteiger partial charge in [-0.25, -0.2) is 9.79 Å². The van der Waals surface area contributed by atoms with Gasteiger partial charge in [0.15, 0.2) is 11.6 Å². The number of carbonyl (C=O) groups excluding carboxylic acids is 1. The highest BCUT2D eigenvalue weighted by molar-refractivity contribution is 6.10. The molecule has 0 saturated carbocycles. The van der Waals surface area contributed by atoms with Crippen molar-refractivity contribution < 1.29 is 14.1 Å². The van der Waals surface area contributed by atoms with Crippen LogP contribution < -0.4 is 10.6 Å². The molecule has 4 rings (SSSR count). The van der Waals surface area contributed by atoms with E-state index >= 15 is 0 Å². The first kappa shape index (κ1) is 20.5. The van der Waals surface area contributed by atoms with Gasteiger partial charge in [0.2, 0.25) is 0 Å². The zero-order valence-corrected chi connectivity index (χ0v) is 16.8. The second-order valence-electron chi connectivity index (χ2n) is 6.71. The quantitative estimate of drug-likeness (QED) is 0.183. The van der Waals surface area contributed by atoms with E-state index < -0.39 is 11.0 Å². The molecule has 0 fully saturated rings. The summed E-state index contributed by atoms with van der Waals surface area (Å²) in [4.78, 5) is 27.5. The van der Waals surface area contributed by atoms with Crippen molar-refractivity contribution in [2.45, 2.75) is 0 Å². The lowest BCUT2D eigenvalue weighted by molar-refractivity contribution is -0.384. The second-order valence-corrected chi connectivity index (χ2v) is 6.71. The van der Waals surface area contributed by atoms with E-state index in [2.05, 4.69) is 15.6 Å². The zero-order chi connectivity index (χ0) is 22.3. The Morgan fingerprint density at radius 3 is 2.16 bits per heavy atom. The number of hydrogen-bond acceptors (Lipinski definition) is 5. The van der Waals surface area contributed by atoms with Crippen molar-refractivity contribution in [1.82, 2.24) is 5.32 Å². The number of nitro groups is 1. The maximum atomic E-state index is 12.6. The van der Waals surface area contributed by atoms with Gasteiger partial charge in [-0.1, -0.05) is 36.4 Å². The number of nitro benzene ring substituents is 1. The van der Waals surface area contributed by atoms with Gasteiger partial charge >= 0.3 is 6.03 Å². The molecule has 8 heteroatoms. The fraction of sp³-hybridized carbons (Fsp3) is 0. The summed E-state index contributed by atoms with van der Waals surface area (Å²) in [5, 5.41) is 16.4. The summed E-state index contributed by atoms with van der Waals surface area (Å²) in [5.74, 6) is 1.05. The van der Waals surface area contributed by atoms with Crippen molar-refractivity contribution >= 4 is 28.9 Å². The molecule has 3 aromatic carbocycles. The molecule has 1 aromatic heterocycles. The highest BCUT2D eigenvalue weighted by Crippen LogP contribution is 2.25. The van der Waals surface area contributed by atoms with E-state index in [1.54, 1.807) is 48.5 Å². The highest BCUT2D eigenvalue weighted by atomic mass is 16.6. The predicted molar refractivity (Wildman–Crippen MR) is 122 cm³/mol. The molecule has 158 valence electrons. The Kier molecular flexibility index (Phi) is 6.03. The monoisotopic (exact) mass is 426 g/mol. The molecule has 0 aliphatic rings. The van der Waals surface area contributed by atoms with Crippen LogP contribution in [-0.2, 0) is 0 Å². The van der Waals surface area contributed by atoms with Crippen molar-refractivity contribution in [3.05, 3.63) is 113 Å². The lowest BCUT2D eigenvalue weighted by Crippen LogP contribution is -2.34. The molecule has 32 heavy (non-hydrogen) atoms. The van der Waals surface area contributed by atoms with E-state index in [0.29, 0.717) is 28.5 Å². The summed E-state index contributed by atoms with van der Waals surface area (Å²) in [6.45, 7) is 0. The number of aliphatic imine (C=N–C) groups is 1. The van der Waals surface area contributed by atoms with Crippen LogP contribution >= 0.6 is 0 Å². The lowest BCUT2D eigenvalue weighted by Gasteiger charge is -2.09. The van der Waals surface area contributed by atoms with Crippen LogP contribution in [-0.4, -0.2) is 16.8 Å². The Morgan fingerprint density at radius 2 is 1.50 bits per heavy atom. The highest BCUT2D eigenvalue weighted by Gasteiger charge is 2.15. The third-order valence-electron chi connectivity index (χ3n) is 4.46. The van der Waals surface area contributed by atoms with Crippen molar-refractivity contribution in [3.8, 4) is 11.3 Å². The van der Waals surface area contributed by atoms with E-state index in [1.807, 2.05) is 36.4 Å². The van der Waals surface area contributed by atoms with Crippen LogP contribution in [0.5, 0.6) is 0 Å². The van der Waals surface area contributed by atoms with Crippen LogP contribution in [0.4, 0.5) is 21.9 Å². The third kappa shape index (κ3) is 5.06. The first-order valence-electron chi connectivity index (χ1n) is 9.70. The van der Waals surface area contributed by atoms with Crippen LogP contribution in [0.15, 0.2) is 106 Å². The number of carbonyl (C=O) groups is 1. The minimum absolute atomic E-state index is 0.00823. The summed E-state index contributed by atoms with van der Waals surface area (Å²) in [6, 6.07) is 27.1. The Hall–Kier alpha value is -4.72. The Balaban J connectivity index is 1.61. The number of rotatable bonds is 5. The maximum Gasteiger partial charge on any atom is 0.324 e. The molecule has 0 aliphatic carbocycles. The largest absolute Gasteiger partial charge is 0.453 e. The number of urea groups is 1. The van der Waals surface area contributed by atoms with E-state index in [9.17, 15) is 14.9 Å². The number of para-hydroxylation sites is 2. The van der Waals surface area contributed by atoms with Gasteiger partial charge < -0.3 is 9.73 Å². The molecular weight excluding hydrogens is 408 g/mol. The molecule has 4 aromatic rings. The predicted octanol–water partition coefficient (Wildman–Crippen LogP) is 5.75. The average Bonchev–Trinajstić information content (AvgIpc) is 3.30. The number of benzene rings is 3. The van der Waals surface area contributed by atoms with Crippen molar-refractivity contribution in [1.29, 1.82) is 0 Å². The average molecular weight is 426 g/mol. The maximum absolute atomic E-state index is 12.6. The molecule has 0 radical (unpaired) electrons. The summed E-state index contributed by atoms with van der Waals surface area (Å²) >= 11 is 0. The first-order valence-corrected chi connectivity index (χ1v) is 9.70. The zero-order valence-electron chi connectivity index (χ0n) is 16.8. The topological polar surface area (TPSA) is 110 Å². The first-order chi connectivity index (χ1) is 15.6. The van der Waals surface area contributed by atoms with E-state index in [1.165, 1.54) is 12.1 Å². The molecule has 0 aliphatic heterocycles. The number of furan rings is 1. The fourth-order valence-electron chi connectivity index (χ4n) is 2.94. The van der Waals surface area contributed by atoms with Gasteiger partial charge in [0.25, 0.3) is 5.69 Å². The van der Waals surface area contributed by atoms with Gasteiger partial charge in [0.1, 0.15) is 5.76 Å². The molecule has 0 unspecified atom stereocenters. The summed E-state index contributed by atoms with van der Waals surface area (Å²) in [7, 11) is 0. The van der Waals surface area contributed by atoms with Crippen LogP contribution in [0.1, 0.15) is 5.76 Å². The van der Waals surface area contributed by atoms with E-state index in [-0.39, 0.29) is 11.5 Å². The lowest BCUT2D eigenvalue weighted by atomic mass is 10.1. The molecular formula is C24H18N4O4. The van der Waals surface area contributed by atoms with Crippen molar-refractivity contribution in [2.75, 3.05) is 5.32 Å². The molecule has 2 amide bonds. The third-order valence-corrected chi connectivity index (χ3v) is 4.46. The Labute approximate surface area is 183 Å². The normalized spacial score (nSPS) is 11.1. The van der Waals surface area contributed by atoms with Gasteiger partial charge in [-0.05, 0) is 48.5 Å². The van der Waals surface area contributed by atoms with Crippen molar-refractivity contribution in [3.63, 3.8) is 0 Å². The van der Waals surface area contributed by atoms with Crippen molar-refractivity contribution in [2.24, 2.45) is 4.99 Å². The number of nitrogens with zero attached hydrogens (tertiary/aromatic N) is 2. The summed E-state index contributed by atoms with van der Waals surface area (Å²) in [5.41, 5.74) is 1.92. The van der Waals surface area contributed by atoms with Gasteiger partial charge in [0.05, 0.1) is 10.6 Å². The van der Waals surface area contributed by atoms with E-state index in [0.717, 1.165) is 0 Å². The molecule has 0 spiro atoms. The molecule has 0 bridgehead atoms. The number of non-ortho nitro benzene ring substituents is 1. The molecule has 0 atom stereocenters. The van der Waals surface area contributed by atoms with E-state index in [4.69, 9.17) is 4.42 Å². The van der Waals surface area contributed by atoms with Crippen LogP contribution in [0, 0.1) is 10.1 Å². The van der Waals surface area contributed by atoms with Gasteiger partial charge in [0, 0.05) is 23.4 Å².